The van der Waals surface area contributed by atoms with Crippen LogP contribution in [0.1, 0.15) is 0 Å². The van der Waals surface area contributed by atoms with Crippen molar-refractivity contribution in [3.63, 3.8) is 0 Å². The van der Waals surface area contributed by atoms with Gasteiger partial charge in [-0.2, -0.15) is 0 Å². The van der Waals surface area contributed by atoms with E-state index in [2.05, 4.69) is 6.58 Å². The van der Waals surface area contributed by atoms with Gasteiger partial charge in [0.2, 0.25) is 0 Å². The van der Waals surface area contributed by atoms with Gasteiger partial charge >= 0.3 is 0 Å². The highest BCUT2D eigenvalue weighted by Gasteiger charge is 2.19. The van der Waals surface area contributed by atoms with Crippen LogP contribution in [0.15, 0.2) is 49.2 Å². The minimum absolute atomic E-state index is 0.312. The molecule has 0 fully saturated rings. The zero-order valence-corrected chi connectivity index (χ0v) is 7.01. The lowest BCUT2D eigenvalue weighted by Gasteiger charge is -2.04. The first kappa shape index (κ1) is 9.19. The second-order valence-electron chi connectivity index (χ2n) is 2.34. The summed E-state index contributed by atoms with van der Waals surface area (Å²) >= 11 is 0. The van der Waals surface area contributed by atoms with Crippen LogP contribution in [0.2, 0.25) is 0 Å². The van der Waals surface area contributed by atoms with Gasteiger partial charge in [0, 0.05) is 18.4 Å². The van der Waals surface area contributed by atoms with E-state index in [1.807, 2.05) is 0 Å². The molecule has 0 radical (unpaired) electrons. The predicted molar refractivity (Wildman–Crippen MR) is 49.5 cm³/mol. The standard InChI is InChI=1S/C10H9NO2/c1-2-3-4-5-8-11-9(12)6-7-10(11)13/h2-8H,1H2/b4-3-,8-5+. The third-order valence-corrected chi connectivity index (χ3v) is 1.44. The van der Waals surface area contributed by atoms with Crippen molar-refractivity contribution in [2.45, 2.75) is 0 Å². The summed E-state index contributed by atoms with van der Waals surface area (Å²) in [6, 6.07) is 0. The predicted octanol–water partition coefficient (Wildman–Crippen LogP) is 1.17. The molecule has 0 aromatic rings. The summed E-state index contributed by atoms with van der Waals surface area (Å²) in [5.41, 5.74) is 0. The number of hydrogen-bond acceptors (Lipinski definition) is 2. The lowest BCUT2D eigenvalue weighted by atomic mass is 10.4. The summed E-state index contributed by atoms with van der Waals surface area (Å²) in [7, 11) is 0. The number of allylic oxidation sites excluding steroid dienone is 4. The van der Waals surface area contributed by atoms with E-state index in [0.29, 0.717) is 0 Å². The topological polar surface area (TPSA) is 37.4 Å². The summed E-state index contributed by atoms with van der Waals surface area (Å²) in [6.45, 7) is 3.48. The average Bonchev–Trinajstić information content (AvgIpc) is 2.42. The van der Waals surface area contributed by atoms with E-state index in [1.165, 1.54) is 18.4 Å². The number of hydrogen-bond donors (Lipinski definition) is 0. The maximum absolute atomic E-state index is 11.0. The maximum Gasteiger partial charge on any atom is 0.257 e. The van der Waals surface area contributed by atoms with Crippen molar-refractivity contribution in [2.24, 2.45) is 0 Å². The van der Waals surface area contributed by atoms with Crippen molar-refractivity contribution >= 4 is 11.8 Å². The number of rotatable bonds is 3. The summed E-state index contributed by atoms with van der Waals surface area (Å²) in [6.07, 6.45) is 10.5. The molecular formula is C10H9NO2. The summed E-state index contributed by atoms with van der Waals surface area (Å²) < 4.78 is 0. The summed E-state index contributed by atoms with van der Waals surface area (Å²) in [4.78, 5) is 23.0. The second kappa shape index (κ2) is 4.21. The summed E-state index contributed by atoms with van der Waals surface area (Å²) in [5, 5.41) is 0. The van der Waals surface area contributed by atoms with E-state index in [4.69, 9.17) is 0 Å². The molecule has 2 amide bonds. The Kier molecular flexibility index (Phi) is 2.97. The van der Waals surface area contributed by atoms with Crippen molar-refractivity contribution in [3.8, 4) is 0 Å². The molecule has 0 aliphatic carbocycles. The molecule has 1 rings (SSSR count). The molecule has 1 heterocycles. The maximum atomic E-state index is 11.0. The third-order valence-electron chi connectivity index (χ3n) is 1.44. The first-order valence-corrected chi connectivity index (χ1v) is 3.77. The smallest absolute Gasteiger partial charge is 0.257 e. The van der Waals surface area contributed by atoms with E-state index in [0.717, 1.165) is 4.90 Å². The second-order valence-corrected chi connectivity index (χ2v) is 2.34. The van der Waals surface area contributed by atoms with Crippen LogP contribution in [0, 0.1) is 0 Å². The average molecular weight is 175 g/mol. The van der Waals surface area contributed by atoms with Crippen LogP contribution in [0.5, 0.6) is 0 Å². The fourth-order valence-corrected chi connectivity index (χ4v) is 0.837. The van der Waals surface area contributed by atoms with Crippen molar-refractivity contribution < 1.29 is 9.59 Å². The van der Waals surface area contributed by atoms with Crippen LogP contribution in [0.25, 0.3) is 0 Å². The molecule has 3 heteroatoms. The highest BCUT2D eigenvalue weighted by Crippen LogP contribution is 2.03. The molecule has 0 spiro atoms. The van der Waals surface area contributed by atoms with Gasteiger partial charge in [-0.05, 0) is 6.08 Å². The molecule has 0 aromatic heterocycles. The molecule has 0 bridgehead atoms. The van der Waals surface area contributed by atoms with Gasteiger partial charge in [-0.25, -0.2) is 0 Å². The first-order valence-electron chi connectivity index (χ1n) is 3.77. The highest BCUT2D eigenvalue weighted by atomic mass is 16.2. The first-order chi connectivity index (χ1) is 6.25. The largest absolute Gasteiger partial charge is 0.269 e. The van der Waals surface area contributed by atoms with Gasteiger partial charge in [0.1, 0.15) is 0 Å². The highest BCUT2D eigenvalue weighted by molar-refractivity contribution is 6.13. The van der Waals surface area contributed by atoms with Crippen molar-refractivity contribution in [3.05, 3.63) is 49.2 Å². The van der Waals surface area contributed by atoms with Gasteiger partial charge in [-0.3, -0.25) is 14.5 Å². The van der Waals surface area contributed by atoms with Gasteiger partial charge in [0.05, 0.1) is 0 Å². The van der Waals surface area contributed by atoms with E-state index in [-0.39, 0.29) is 11.8 Å². The van der Waals surface area contributed by atoms with Crippen LogP contribution in [0.3, 0.4) is 0 Å². The van der Waals surface area contributed by atoms with Crippen molar-refractivity contribution in [1.82, 2.24) is 4.90 Å². The Morgan fingerprint density at radius 1 is 1.08 bits per heavy atom. The van der Waals surface area contributed by atoms with Crippen LogP contribution in [-0.2, 0) is 9.59 Å². The molecule has 0 atom stereocenters. The van der Waals surface area contributed by atoms with E-state index in [9.17, 15) is 9.59 Å². The SMILES string of the molecule is C=C/C=C\C=C\N1C(=O)C=CC1=O. The molecule has 1 aliphatic heterocycles. The molecule has 0 aromatic carbocycles. The molecule has 1 aliphatic rings. The Bertz CT molecular complexity index is 306. The Balaban J connectivity index is 2.59. The van der Waals surface area contributed by atoms with Gasteiger partial charge in [0.15, 0.2) is 0 Å². The number of carbonyl (C=O) groups excluding carboxylic acids is 2. The Morgan fingerprint density at radius 2 is 1.69 bits per heavy atom. The quantitative estimate of drug-likeness (QED) is 0.477. The zero-order valence-electron chi connectivity index (χ0n) is 7.01. The lowest BCUT2D eigenvalue weighted by molar-refractivity contribution is -0.133. The molecule has 0 saturated carbocycles. The van der Waals surface area contributed by atoms with Crippen LogP contribution < -0.4 is 0 Å². The molecular weight excluding hydrogens is 166 g/mol. The number of imide groups is 1. The molecule has 13 heavy (non-hydrogen) atoms. The van der Waals surface area contributed by atoms with Crippen molar-refractivity contribution in [2.75, 3.05) is 0 Å². The number of nitrogens with zero attached hydrogens (tertiary/aromatic N) is 1. The molecule has 0 N–H and O–H groups in total. The minimum Gasteiger partial charge on any atom is -0.269 e. The van der Waals surface area contributed by atoms with Gasteiger partial charge in [-0.15, -0.1) is 0 Å². The fourth-order valence-electron chi connectivity index (χ4n) is 0.837. The van der Waals surface area contributed by atoms with E-state index >= 15 is 0 Å². The number of amides is 2. The van der Waals surface area contributed by atoms with E-state index in [1.54, 1.807) is 24.3 Å². The van der Waals surface area contributed by atoms with Gasteiger partial charge in [-0.1, -0.05) is 24.8 Å². The molecule has 0 unspecified atom stereocenters. The van der Waals surface area contributed by atoms with Crippen LogP contribution >= 0.6 is 0 Å². The number of carbonyl (C=O) groups is 2. The van der Waals surface area contributed by atoms with Crippen molar-refractivity contribution in [1.29, 1.82) is 0 Å². The Labute approximate surface area is 76.3 Å². The normalized spacial score (nSPS) is 16.8. The minimum atomic E-state index is -0.312. The Morgan fingerprint density at radius 3 is 2.23 bits per heavy atom. The van der Waals surface area contributed by atoms with Crippen LogP contribution in [-0.4, -0.2) is 16.7 Å². The van der Waals surface area contributed by atoms with Gasteiger partial charge < -0.3 is 0 Å². The lowest BCUT2D eigenvalue weighted by Crippen LogP contribution is -2.23. The molecule has 0 saturated heterocycles. The molecule has 66 valence electrons. The zero-order chi connectivity index (χ0) is 9.68. The summed E-state index contributed by atoms with van der Waals surface area (Å²) in [5.74, 6) is -0.624. The fraction of sp³-hybridized carbons (Fsp3) is 0. The molecule has 3 nitrogen and oxygen atoms in total. The van der Waals surface area contributed by atoms with Crippen LogP contribution in [0.4, 0.5) is 0 Å². The third kappa shape index (κ3) is 2.27. The van der Waals surface area contributed by atoms with Gasteiger partial charge in [0.25, 0.3) is 11.8 Å². The van der Waals surface area contributed by atoms with E-state index < -0.39 is 0 Å². The Hall–Kier alpha value is -1.90. The monoisotopic (exact) mass is 175 g/mol.